The largest absolute Gasteiger partial charge is 0.481 e. The van der Waals surface area contributed by atoms with Crippen molar-refractivity contribution in [2.45, 2.75) is 64.4 Å². The first-order valence-electron chi connectivity index (χ1n) is 8.95. The number of aliphatic hydroxyl groups is 1. The zero-order chi connectivity index (χ0) is 17.8. The number of ketones is 1. The maximum atomic E-state index is 12.1. The maximum absolute atomic E-state index is 12.1. The summed E-state index contributed by atoms with van der Waals surface area (Å²) in [5, 5.41) is 18.7. The van der Waals surface area contributed by atoms with Gasteiger partial charge in [-0.05, 0) is 38.5 Å². The molecule has 0 aromatic rings. The molecule has 3 atom stereocenters. The molecule has 4 heteroatoms. The summed E-state index contributed by atoms with van der Waals surface area (Å²) in [5.41, 5.74) is 0. The molecule has 0 bridgehead atoms. The molecule has 0 spiro atoms. The van der Waals surface area contributed by atoms with Gasteiger partial charge in [0, 0.05) is 24.7 Å². The van der Waals surface area contributed by atoms with Gasteiger partial charge in [0.05, 0.1) is 6.10 Å². The van der Waals surface area contributed by atoms with Gasteiger partial charge in [-0.25, -0.2) is 0 Å². The quantitative estimate of drug-likeness (QED) is 0.441. The lowest BCUT2D eigenvalue weighted by Gasteiger charge is -2.15. The fourth-order valence-electron chi connectivity index (χ4n) is 2.99. The van der Waals surface area contributed by atoms with E-state index >= 15 is 0 Å². The first-order chi connectivity index (χ1) is 11.6. The van der Waals surface area contributed by atoms with Gasteiger partial charge < -0.3 is 10.2 Å². The molecule has 0 amide bonds. The Morgan fingerprint density at radius 1 is 1.12 bits per heavy atom. The van der Waals surface area contributed by atoms with Crippen molar-refractivity contribution in [3.63, 3.8) is 0 Å². The molecule has 0 saturated heterocycles. The minimum atomic E-state index is -0.781. The Bertz CT molecular complexity index is 476. The van der Waals surface area contributed by atoms with E-state index in [0.717, 1.165) is 19.3 Å². The van der Waals surface area contributed by atoms with Crippen molar-refractivity contribution in [2.75, 3.05) is 0 Å². The fraction of sp³-hybridized carbons (Fsp3) is 0.600. The van der Waals surface area contributed by atoms with Gasteiger partial charge in [-0.2, -0.15) is 0 Å². The first kappa shape index (κ1) is 20.4. The Morgan fingerprint density at radius 3 is 2.54 bits per heavy atom. The van der Waals surface area contributed by atoms with E-state index in [4.69, 9.17) is 5.11 Å². The van der Waals surface area contributed by atoms with E-state index in [0.29, 0.717) is 19.3 Å². The van der Waals surface area contributed by atoms with Gasteiger partial charge >= 0.3 is 5.97 Å². The van der Waals surface area contributed by atoms with E-state index in [1.807, 2.05) is 18.2 Å². The smallest absolute Gasteiger partial charge is 0.303 e. The van der Waals surface area contributed by atoms with Gasteiger partial charge in [-0.1, -0.05) is 43.4 Å². The van der Waals surface area contributed by atoms with Crippen LogP contribution in [0.25, 0.3) is 0 Å². The van der Waals surface area contributed by atoms with E-state index in [-0.39, 0.29) is 30.5 Å². The van der Waals surface area contributed by atoms with E-state index in [1.54, 1.807) is 0 Å². The second-order valence-corrected chi connectivity index (χ2v) is 6.30. The van der Waals surface area contributed by atoms with E-state index < -0.39 is 12.1 Å². The third-order valence-electron chi connectivity index (χ3n) is 4.31. The van der Waals surface area contributed by atoms with Crippen LogP contribution in [-0.4, -0.2) is 28.1 Å². The Morgan fingerprint density at radius 2 is 1.83 bits per heavy atom. The third kappa shape index (κ3) is 7.73. The molecule has 1 rings (SSSR count). The Kier molecular flexibility index (Phi) is 10.0. The van der Waals surface area contributed by atoms with E-state index in [9.17, 15) is 14.7 Å². The lowest BCUT2D eigenvalue weighted by atomic mass is 9.90. The number of aliphatic hydroxyl groups excluding tert-OH is 1. The van der Waals surface area contributed by atoms with E-state index in [2.05, 4.69) is 25.2 Å². The van der Waals surface area contributed by atoms with Crippen LogP contribution in [0.15, 0.2) is 36.5 Å². The molecule has 2 N–H and O–H groups in total. The standard InChI is InChI=1S/C20H30O4/c1-2-3-4-5-6-9-12-16-17(19(22)15-18(16)21)13-10-7-8-11-14-20(23)24/h3-4,7,9-10,12,16-18,21H,2,5-6,8,11,13-15H2,1H3,(H,23,24)/b4-3-,10-7-,12-9+/t16-,17-,18-/m1/s1. The van der Waals surface area contributed by atoms with Crippen LogP contribution in [0.2, 0.25) is 0 Å². The average Bonchev–Trinajstić information content (AvgIpc) is 2.80. The summed E-state index contributed by atoms with van der Waals surface area (Å²) in [5.74, 6) is -0.913. The van der Waals surface area contributed by atoms with Crippen molar-refractivity contribution in [1.29, 1.82) is 0 Å². The summed E-state index contributed by atoms with van der Waals surface area (Å²) >= 11 is 0. The van der Waals surface area contributed by atoms with Crippen molar-refractivity contribution >= 4 is 11.8 Å². The number of hydrogen-bond donors (Lipinski definition) is 2. The summed E-state index contributed by atoms with van der Waals surface area (Å²) in [6, 6.07) is 0. The highest BCUT2D eigenvalue weighted by Gasteiger charge is 2.38. The van der Waals surface area contributed by atoms with Crippen LogP contribution in [0.3, 0.4) is 0 Å². The molecule has 134 valence electrons. The van der Waals surface area contributed by atoms with Crippen molar-refractivity contribution in [3.05, 3.63) is 36.5 Å². The predicted molar refractivity (Wildman–Crippen MR) is 95.7 cm³/mol. The van der Waals surface area contributed by atoms with Crippen LogP contribution in [0.1, 0.15) is 58.3 Å². The molecule has 1 fully saturated rings. The minimum absolute atomic E-state index is 0.101. The van der Waals surface area contributed by atoms with Crippen molar-refractivity contribution in [2.24, 2.45) is 11.8 Å². The molecule has 0 aromatic heterocycles. The number of carboxylic acids is 1. The Labute approximate surface area is 145 Å². The Hall–Kier alpha value is -1.68. The lowest BCUT2D eigenvalue weighted by molar-refractivity contribution is -0.137. The zero-order valence-corrected chi connectivity index (χ0v) is 14.6. The van der Waals surface area contributed by atoms with Crippen LogP contribution in [-0.2, 0) is 9.59 Å². The summed E-state index contributed by atoms with van der Waals surface area (Å²) in [4.78, 5) is 22.5. The normalized spacial score (nSPS) is 24.8. The molecule has 0 radical (unpaired) electrons. The van der Waals surface area contributed by atoms with Gasteiger partial charge in [0.2, 0.25) is 0 Å². The molecule has 0 heterocycles. The molecule has 24 heavy (non-hydrogen) atoms. The highest BCUT2D eigenvalue weighted by atomic mass is 16.4. The zero-order valence-electron chi connectivity index (χ0n) is 14.6. The number of allylic oxidation sites excluding steroid dienone is 5. The second-order valence-electron chi connectivity index (χ2n) is 6.30. The summed E-state index contributed by atoms with van der Waals surface area (Å²) < 4.78 is 0. The van der Waals surface area contributed by atoms with Gasteiger partial charge in [0.25, 0.3) is 0 Å². The average molecular weight is 334 g/mol. The van der Waals surface area contributed by atoms with Gasteiger partial charge in [-0.15, -0.1) is 0 Å². The maximum Gasteiger partial charge on any atom is 0.303 e. The molecule has 1 aliphatic rings. The highest BCUT2D eigenvalue weighted by Crippen LogP contribution is 2.33. The van der Waals surface area contributed by atoms with Gasteiger partial charge in [0.1, 0.15) is 5.78 Å². The summed E-state index contributed by atoms with van der Waals surface area (Å²) in [7, 11) is 0. The molecule has 0 unspecified atom stereocenters. The molecular formula is C20H30O4. The SMILES string of the molecule is CC/C=C\CC/C=C/[C@H]1[C@H](O)CC(=O)[C@@H]1C/C=C\CCCC(=O)O. The number of carbonyl (C=O) groups excluding carboxylic acids is 1. The number of rotatable bonds is 11. The molecule has 4 nitrogen and oxygen atoms in total. The summed E-state index contributed by atoms with van der Waals surface area (Å²) in [6.45, 7) is 2.10. The number of carbonyl (C=O) groups is 2. The number of carboxylic acid groups (broad SMARTS) is 1. The molecule has 0 aromatic carbocycles. The minimum Gasteiger partial charge on any atom is -0.481 e. The monoisotopic (exact) mass is 334 g/mol. The Balaban J connectivity index is 2.43. The topological polar surface area (TPSA) is 74.6 Å². The molecule has 0 aliphatic heterocycles. The second kappa shape index (κ2) is 11.8. The lowest BCUT2D eigenvalue weighted by Crippen LogP contribution is -2.17. The fourth-order valence-corrected chi connectivity index (χ4v) is 2.99. The van der Waals surface area contributed by atoms with Gasteiger partial charge in [-0.3, -0.25) is 9.59 Å². The number of unbranched alkanes of at least 4 members (excludes halogenated alkanes) is 2. The molecular weight excluding hydrogens is 304 g/mol. The summed E-state index contributed by atoms with van der Waals surface area (Å²) in [6.07, 6.45) is 17.0. The van der Waals surface area contributed by atoms with Crippen molar-refractivity contribution in [1.82, 2.24) is 0 Å². The number of hydrogen-bond acceptors (Lipinski definition) is 3. The first-order valence-corrected chi connectivity index (χ1v) is 8.95. The van der Waals surface area contributed by atoms with Gasteiger partial charge in [0.15, 0.2) is 0 Å². The number of aliphatic carboxylic acids is 1. The van der Waals surface area contributed by atoms with Crippen LogP contribution >= 0.6 is 0 Å². The van der Waals surface area contributed by atoms with E-state index in [1.165, 1.54) is 0 Å². The van der Waals surface area contributed by atoms with Crippen LogP contribution in [0.4, 0.5) is 0 Å². The van der Waals surface area contributed by atoms with Crippen LogP contribution in [0, 0.1) is 11.8 Å². The van der Waals surface area contributed by atoms with Crippen molar-refractivity contribution in [3.8, 4) is 0 Å². The van der Waals surface area contributed by atoms with Crippen LogP contribution < -0.4 is 0 Å². The molecule has 1 saturated carbocycles. The highest BCUT2D eigenvalue weighted by molar-refractivity contribution is 5.84. The predicted octanol–water partition coefficient (Wildman–Crippen LogP) is 4.06. The third-order valence-corrected chi connectivity index (χ3v) is 4.31. The van der Waals surface area contributed by atoms with Crippen molar-refractivity contribution < 1.29 is 19.8 Å². The van der Waals surface area contributed by atoms with Crippen LogP contribution in [0.5, 0.6) is 0 Å². The molecule has 1 aliphatic carbocycles. The number of Topliss-reactive ketones (excluding diaryl/α,β-unsaturated/α-hetero) is 1.